The summed E-state index contributed by atoms with van der Waals surface area (Å²) < 4.78 is 5.06. The number of para-hydroxylation sites is 1. The van der Waals surface area contributed by atoms with Crippen molar-refractivity contribution in [3.05, 3.63) is 58.4 Å². The summed E-state index contributed by atoms with van der Waals surface area (Å²) in [6.45, 7) is 1.59. The van der Waals surface area contributed by atoms with Gasteiger partial charge in [0.2, 0.25) is 0 Å². The number of rotatable bonds is 5. The Labute approximate surface area is 137 Å². The van der Waals surface area contributed by atoms with Crippen LogP contribution in [0.2, 0.25) is 0 Å². The minimum absolute atomic E-state index is 0.103. The van der Waals surface area contributed by atoms with E-state index < -0.39 is 5.97 Å². The first-order chi connectivity index (χ1) is 11.1. The average Bonchev–Trinajstić information content (AvgIpc) is 3.21. The lowest BCUT2D eigenvalue weighted by Crippen LogP contribution is -2.30. The zero-order valence-electron chi connectivity index (χ0n) is 12.5. The van der Waals surface area contributed by atoms with Crippen molar-refractivity contribution < 1.29 is 14.3 Å². The minimum Gasteiger partial charge on any atom is -0.451 e. The molecule has 1 atom stereocenters. The van der Waals surface area contributed by atoms with Crippen LogP contribution in [0.15, 0.2) is 47.8 Å². The summed E-state index contributed by atoms with van der Waals surface area (Å²) in [5, 5.41) is 5.68. The molecular formula is C17H16N2O3S. The lowest BCUT2D eigenvalue weighted by molar-refractivity contribution is -0.124. The van der Waals surface area contributed by atoms with Gasteiger partial charge in [0.1, 0.15) is 5.69 Å². The highest BCUT2D eigenvalue weighted by Gasteiger charge is 2.15. The van der Waals surface area contributed by atoms with E-state index in [0.29, 0.717) is 5.69 Å². The number of hydrogen-bond acceptors (Lipinski definition) is 4. The predicted octanol–water partition coefficient (Wildman–Crippen LogP) is 3.26. The van der Waals surface area contributed by atoms with E-state index in [1.54, 1.807) is 17.4 Å². The first-order valence-electron chi connectivity index (χ1n) is 7.21. The van der Waals surface area contributed by atoms with Crippen LogP contribution in [0.1, 0.15) is 28.3 Å². The van der Waals surface area contributed by atoms with Gasteiger partial charge in [-0.25, -0.2) is 4.79 Å². The van der Waals surface area contributed by atoms with Gasteiger partial charge in [0.25, 0.3) is 5.91 Å². The van der Waals surface area contributed by atoms with E-state index >= 15 is 0 Å². The van der Waals surface area contributed by atoms with E-state index in [1.165, 1.54) is 0 Å². The normalized spacial score (nSPS) is 12.0. The molecule has 1 aromatic carbocycles. The summed E-state index contributed by atoms with van der Waals surface area (Å²) >= 11 is 1.57. The van der Waals surface area contributed by atoms with Crippen LogP contribution < -0.4 is 5.32 Å². The molecule has 0 aliphatic heterocycles. The quantitative estimate of drug-likeness (QED) is 0.706. The molecule has 1 amide bonds. The van der Waals surface area contributed by atoms with Gasteiger partial charge >= 0.3 is 5.97 Å². The number of fused-ring (bicyclic) bond motifs is 1. The second-order valence-electron chi connectivity index (χ2n) is 5.15. The Hall–Kier alpha value is -2.60. The van der Waals surface area contributed by atoms with Crippen LogP contribution in [0.25, 0.3) is 10.9 Å². The highest BCUT2D eigenvalue weighted by atomic mass is 32.1. The third kappa shape index (κ3) is 3.60. The molecule has 23 heavy (non-hydrogen) atoms. The Morgan fingerprint density at radius 2 is 2.09 bits per heavy atom. The summed E-state index contributed by atoms with van der Waals surface area (Å²) in [7, 11) is 0. The Kier molecular flexibility index (Phi) is 4.43. The number of amides is 1. The maximum absolute atomic E-state index is 12.0. The fraction of sp³-hybridized carbons (Fsp3) is 0.176. The van der Waals surface area contributed by atoms with Crippen LogP contribution in [0, 0.1) is 0 Å². The largest absolute Gasteiger partial charge is 0.451 e. The van der Waals surface area contributed by atoms with Crippen LogP contribution in [-0.2, 0) is 9.53 Å². The number of hydrogen-bond donors (Lipinski definition) is 2. The lowest BCUT2D eigenvalue weighted by atomic mass is 10.2. The van der Waals surface area contributed by atoms with Crippen molar-refractivity contribution in [1.29, 1.82) is 0 Å². The fourth-order valence-corrected chi connectivity index (χ4v) is 3.02. The van der Waals surface area contributed by atoms with Crippen LogP contribution in [0.3, 0.4) is 0 Å². The van der Waals surface area contributed by atoms with E-state index in [0.717, 1.165) is 15.8 Å². The topological polar surface area (TPSA) is 71.2 Å². The monoisotopic (exact) mass is 328 g/mol. The van der Waals surface area contributed by atoms with Gasteiger partial charge in [-0.3, -0.25) is 4.79 Å². The Morgan fingerprint density at radius 3 is 2.83 bits per heavy atom. The Bertz CT molecular complexity index is 790. The van der Waals surface area contributed by atoms with Crippen molar-refractivity contribution in [2.75, 3.05) is 6.61 Å². The smallest absolute Gasteiger partial charge is 0.355 e. The average molecular weight is 328 g/mol. The Morgan fingerprint density at radius 1 is 1.26 bits per heavy atom. The van der Waals surface area contributed by atoms with Crippen LogP contribution in [-0.4, -0.2) is 23.5 Å². The summed E-state index contributed by atoms with van der Waals surface area (Å²) in [5.41, 5.74) is 1.19. The highest BCUT2D eigenvalue weighted by molar-refractivity contribution is 7.10. The molecule has 2 heterocycles. The third-order valence-corrected chi connectivity index (χ3v) is 4.49. The molecule has 2 aromatic heterocycles. The molecule has 0 aliphatic carbocycles. The van der Waals surface area contributed by atoms with Crippen LogP contribution in [0.4, 0.5) is 0 Å². The van der Waals surface area contributed by atoms with Crippen molar-refractivity contribution in [3.8, 4) is 0 Å². The fourth-order valence-electron chi connectivity index (χ4n) is 2.28. The third-order valence-electron chi connectivity index (χ3n) is 3.43. The molecule has 0 aliphatic rings. The summed E-state index contributed by atoms with van der Waals surface area (Å²) in [4.78, 5) is 27.9. The number of carbonyl (C=O) groups excluding carboxylic acids is 2. The summed E-state index contributed by atoms with van der Waals surface area (Å²) in [5.74, 6) is -0.865. The Balaban J connectivity index is 1.55. The second-order valence-corrected chi connectivity index (χ2v) is 6.13. The summed E-state index contributed by atoms with van der Waals surface area (Å²) in [6.07, 6.45) is 0. The lowest BCUT2D eigenvalue weighted by Gasteiger charge is -2.12. The molecule has 2 N–H and O–H groups in total. The van der Waals surface area contributed by atoms with Gasteiger partial charge in [0, 0.05) is 15.8 Å². The van der Waals surface area contributed by atoms with Gasteiger partial charge in [-0.05, 0) is 30.5 Å². The van der Waals surface area contributed by atoms with Gasteiger partial charge < -0.3 is 15.0 Å². The minimum atomic E-state index is -0.542. The molecule has 5 nitrogen and oxygen atoms in total. The SMILES string of the molecule is C[C@@H](NC(=O)COC(=O)c1cc2ccccc2[nH]1)c1cccs1. The van der Waals surface area contributed by atoms with E-state index in [2.05, 4.69) is 10.3 Å². The van der Waals surface area contributed by atoms with Gasteiger partial charge in [-0.2, -0.15) is 0 Å². The van der Waals surface area contributed by atoms with E-state index in [-0.39, 0.29) is 18.6 Å². The predicted molar refractivity (Wildman–Crippen MR) is 89.5 cm³/mol. The molecule has 0 bridgehead atoms. The zero-order chi connectivity index (χ0) is 16.2. The van der Waals surface area contributed by atoms with Crippen molar-refractivity contribution in [2.45, 2.75) is 13.0 Å². The molecule has 3 rings (SSSR count). The molecule has 0 saturated carbocycles. The van der Waals surface area contributed by atoms with Crippen molar-refractivity contribution in [1.82, 2.24) is 10.3 Å². The summed E-state index contributed by atoms with van der Waals surface area (Å²) in [6, 6.07) is 13.0. The first-order valence-corrected chi connectivity index (χ1v) is 8.09. The second kappa shape index (κ2) is 6.66. The molecule has 0 radical (unpaired) electrons. The van der Waals surface area contributed by atoms with Gasteiger partial charge in [0.05, 0.1) is 6.04 Å². The van der Waals surface area contributed by atoms with Gasteiger partial charge in [-0.1, -0.05) is 24.3 Å². The number of ether oxygens (including phenoxy) is 1. The number of benzene rings is 1. The van der Waals surface area contributed by atoms with E-state index in [4.69, 9.17) is 4.74 Å². The van der Waals surface area contributed by atoms with Crippen LogP contribution >= 0.6 is 11.3 Å². The standard InChI is InChI=1S/C17H16N2O3S/c1-11(15-7-4-8-23-15)18-16(20)10-22-17(21)14-9-12-5-2-3-6-13(12)19-14/h2-9,11,19H,10H2,1H3,(H,18,20)/t11-/m1/s1. The zero-order valence-corrected chi connectivity index (χ0v) is 13.4. The number of thiophene rings is 1. The van der Waals surface area contributed by atoms with Gasteiger partial charge in [-0.15, -0.1) is 11.3 Å². The molecule has 0 fully saturated rings. The molecule has 6 heteroatoms. The number of esters is 1. The molecule has 118 valence electrons. The van der Waals surface area contributed by atoms with Gasteiger partial charge in [0.15, 0.2) is 6.61 Å². The van der Waals surface area contributed by atoms with E-state index in [1.807, 2.05) is 48.7 Å². The molecule has 0 spiro atoms. The van der Waals surface area contributed by atoms with Crippen molar-refractivity contribution >= 4 is 34.1 Å². The number of nitrogens with one attached hydrogen (secondary N) is 2. The molecule has 0 unspecified atom stereocenters. The number of aromatic amines is 1. The highest BCUT2D eigenvalue weighted by Crippen LogP contribution is 2.18. The van der Waals surface area contributed by atoms with Crippen molar-refractivity contribution in [3.63, 3.8) is 0 Å². The number of H-pyrrole nitrogens is 1. The number of carbonyl (C=O) groups is 2. The van der Waals surface area contributed by atoms with E-state index in [9.17, 15) is 9.59 Å². The first kappa shape index (κ1) is 15.3. The molecular weight excluding hydrogens is 312 g/mol. The maximum atomic E-state index is 12.0. The van der Waals surface area contributed by atoms with Crippen molar-refractivity contribution in [2.24, 2.45) is 0 Å². The van der Waals surface area contributed by atoms with Crippen LogP contribution in [0.5, 0.6) is 0 Å². The molecule has 0 saturated heterocycles. The number of aromatic nitrogens is 1. The maximum Gasteiger partial charge on any atom is 0.355 e. The molecule has 3 aromatic rings.